The van der Waals surface area contributed by atoms with Crippen molar-refractivity contribution in [2.45, 2.75) is 49.1 Å². The van der Waals surface area contributed by atoms with E-state index >= 15 is 0 Å². The van der Waals surface area contributed by atoms with Gasteiger partial charge in [0.2, 0.25) is 5.91 Å². The van der Waals surface area contributed by atoms with E-state index in [-0.39, 0.29) is 16.7 Å². The summed E-state index contributed by atoms with van der Waals surface area (Å²) < 4.78 is 1.67. The molecule has 0 N–H and O–H groups in total. The molecule has 3 aromatic rings. The van der Waals surface area contributed by atoms with Gasteiger partial charge in [-0.05, 0) is 54.7 Å². The number of fused-ring (bicyclic) bond motifs is 2. The first kappa shape index (κ1) is 19.6. The molecule has 1 aliphatic heterocycles. The minimum absolute atomic E-state index is 0.0169. The Bertz CT molecular complexity index is 1210. The molecule has 2 aromatic heterocycles. The van der Waals surface area contributed by atoms with Gasteiger partial charge in [0.15, 0.2) is 5.16 Å². The topological polar surface area (TPSA) is 55.2 Å². The Balaban J connectivity index is 1.47. The monoisotopic (exact) mass is 437 g/mol. The predicted octanol–water partition coefficient (Wildman–Crippen LogP) is 4.59. The predicted molar refractivity (Wildman–Crippen MR) is 124 cm³/mol. The molecule has 0 saturated heterocycles. The van der Waals surface area contributed by atoms with E-state index in [1.54, 1.807) is 10.6 Å². The summed E-state index contributed by atoms with van der Waals surface area (Å²) in [5, 5.41) is 3.07. The van der Waals surface area contributed by atoms with Crippen molar-refractivity contribution < 1.29 is 4.79 Å². The Morgan fingerprint density at radius 1 is 1.40 bits per heavy atom. The molecule has 0 radical (unpaired) electrons. The van der Waals surface area contributed by atoms with Crippen LogP contribution in [-0.2, 0) is 17.8 Å². The Morgan fingerprint density at radius 3 is 2.97 bits per heavy atom. The maximum atomic E-state index is 13.3. The lowest BCUT2D eigenvalue weighted by Crippen LogP contribution is -2.35. The number of carbonyl (C=O) groups is 1. The summed E-state index contributed by atoms with van der Waals surface area (Å²) in [6.45, 7) is 6.79. The van der Waals surface area contributed by atoms with Crippen molar-refractivity contribution >= 4 is 44.9 Å². The van der Waals surface area contributed by atoms with E-state index in [4.69, 9.17) is 4.98 Å². The fourth-order valence-corrected chi connectivity index (χ4v) is 6.14. The molecule has 1 atom stereocenters. The number of rotatable bonds is 6. The van der Waals surface area contributed by atoms with Crippen LogP contribution in [0.4, 0.5) is 5.69 Å². The first-order valence-corrected chi connectivity index (χ1v) is 12.0. The maximum Gasteiger partial charge on any atom is 0.263 e. The molecule has 3 heterocycles. The number of benzene rings is 1. The van der Waals surface area contributed by atoms with Gasteiger partial charge >= 0.3 is 0 Å². The second-order valence-corrected chi connectivity index (χ2v) is 10.0. The summed E-state index contributed by atoms with van der Waals surface area (Å²) in [6.07, 6.45) is 4.88. The Hall–Kier alpha value is -2.38. The molecular weight excluding hydrogens is 414 g/mol. The molecule has 1 aromatic carbocycles. The van der Waals surface area contributed by atoms with Gasteiger partial charge in [0.05, 0.1) is 10.6 Å². The second-order valence-electron chi connectivity index (χ2n) is 7.87. The quantitative estimate of drug-likeness (QED) is 0.322. The zero-order valence-electron chi connectivity index (χ0n) is 16.8. The molecule has 1 unspecified atom stereocenters. The van der Waals surface area contributed by atoms with E-state index in [0.29, 0.717) is 24.2 Å². The van der Waals surface area contributed by atoms with Crippen LogP contribution in [0.5, 0.6) is 0 Å². The number of thiophene rings is 1. The largest absolute Gasteiger partial charge is 0.311 e. The SMILES string of the molecule is C=CCn1c(SC(C)C(=O)N2CCc3ccccc32)nc2scc(C3CC3)c2c1=O. The number of thioether (sulfide) groups is 1. The van der Waals surface area contributed by atoms with Gasteiger partial charge in [-0.25, -0.2) is 4.98 Å². The van der Waals surface area contributed by atoms with Crippen LogP contribution in [0.15, 0.2) is 52.3 Å². The van der Waals surface area contributed by atoms with Crippen molar-refractivity contribution in [1.29, 1.82) is 0 Å². The van der Waals surface area contributed by atoms with Crippen molar-refractivity contribution in [2.24, 2.45) is 0 Å². The Labute approximate surface area is 183 Å². The highest BCUT2D eigenvalue weighted by Crippen LogP contribution is 2.44. The summed E-state index contributed by atoms with van der Waals surface area (Å²) in [6, 6.07) is 8.05. The Kier molecular flexibility index (Phi) is 5.03. The smallest absolute Gasteiger partial charge is 0.263 e. The third-order valence-corrected chi connectivity index (χ3v) is 7.77. The van der Waals surface area contributed by atoms with Crippen LogP contribution in [0.25, 0.3) is 10.2 Å². The summed E-state index contributed by atoms with van der Waals surface area (Å²) in [7, 11) is 0. The molecule has 7 heteroatoms. The lowest BCUT2D eigenvalue weighted by molar-refractivity contribution is -0.117. The lowest BCUT2D eigenvalue weighted by Gasteiger charge is -2.22. The van der Waals surface area contributed by atoms with Crippen molar-refractivity contribution in [1.82, 2.24) is 9.55 Å². The third-order valence-electron chi connectivity index (χ3n) is 5.80. The molecule has 1 saturated carbocycles. The number of aromatic nitrogens is 2. The van der Waals surface area contributed by atoms with Gasteiger partial charge < -0.3 is 4.90 Å². The second kappa shape index (κ2) is 7.71. The van der Waals surface area contributed by atoms with Crippen molar-refractivity contribution in [3.8, 4) is 0 Å². The fourth-order valence-electron chi connectivity index (χ4n) is 4.10. The van der Waals surface area contributed by atoms with Crippen molar-refractivity contribution in [3.63, 3.8) is 0 Å². The number of para-hydroxylation sites is 1. The summed E-state index contributed by atoms with van der Waals surface area (Å²) in [5.74, 6) is 0.550. The molecule has 1 amide bonds. The summed E-state index contributed by atoms with van der Waals surface area (Å²) in [4.78, 5) is 33.9. The number of nitrogens with zero attached hydrogens (tertiary/aromatic N) is 3. The standard InChI is InChI=1S/C23H23N3O2S2/c1-3-11-26-22(28)19-17(15-8-9-15)13-29-20(19)24-23(26)30-14(2)21(27)25-12-10-16-6-4-5-7-18(16)25/h3-7,13-15H,1,8-12H2,2H3. The first-order chi connectivity index (χ1) is 14.6. The number of anilines is 1. The van der Waals surface area contributed by atoms with Gasteiger partial charge in [0.25, 0.3) is 5.56 Å². The van der Waals surface area contributed by atoms with Crippen LogP contribution in [0.1, 0.15) is 36.8 Å². The zero-order chi connectivity index (χ0) is 20.8. The van der Waals surface area contributed by atoms with E-state index < -0.39 is 0 Å². The van der Waals surface area contributed by atoms with Crippen LogP contribution in [0, 0.1) is 0 Å². The number of hydrogen-bond acceptors (Lipinski definition) is 5. The lowest BCUT2D eigenvalue weighted by atomic mass is 10.1. The van der Waals surface area contributed by atoms with Gasteiger partial charge in [-0.2, -0.15) is 0 Å². The average Bonchev–Trinajstić information content (AvgIpc) is 3.36. The molecule has 1 fully saturated rings. The van der Waals surface area contributed by atoms with Crippen LogP contribution >= 0.6 is 23.1 Å². The van der Waals surface area contributed by atoms with E-state index in [2.05, 4.69) is 18.0 Å². The molecule has 154 valence electrons. The van der Waals surface area contributed by atoms with Gasteiger partial charge in [0, 0.05) is 18.8 Å². The average molecular weight is 438 g/mol. The molecule has 0 bridgehead atoms. The van der Waals surface area contributed by atoms with Crippen LogP contribution < -0.4 is 10.5 Å². The summed E-state index contributed by atoms with van der Waals surface area (Å²) in [5.41, 5.74) is 3.32. The number of allylic oxidation sites excluding steroid dienone is 1. The maximum absolute atomic E-state index is 13.3. The number of amides is 1. The molecule has 5 nitrogen and oxygen atoms in total. The molecular formula is C23H23N3O2S2. The normalized spacial score (nSPS) is 16.6. The number of carbonyl (C=O) groups excluding carboxylic acids is 1. The van der Waals surface area contributed by atoms with Gasteiger partial charge in [-0.15, -0.1) is 17.9 Å². The third kappa shape index (κ3) is 3.30. The van der Waals surface area contributed by atoms with E-state index in [1.807, 2.05) is 30.0 Å². The highest BCUT2D eigenvalue weighted by Gasteiger charge is 2.31. The van der Waals surface area contributed by atoms with Crippen molar-refractivity contribution in [3.05, 3.63) is 63.8 Å². The summed E-state index contributed by atoms with van der Waals surface area (Å²) >= 11 is 2.89. The van der Waals surface area contributed by atoms with E-state index in [9.17, 15) is 9.59 Å². The number of hydrogen-bond donors (Lipinski definition) is 0. The minimum Gasteiger partial charge on any atom is -0.311 e. The van der Waals surface area contributed by atoms with Crippen LogP contribution in [0.2, 0.25) is 0 Å². The Morgan fingerprint density at radius 2 is 2.20 bits per heavy atom. The fraction of sp³-hybridized carbons (Fsp3) is 0.348. The molecule has 5 rings (SSSR count). The van der Waals surface area contributed by atoms with Gasteiger partial charge in [0.1, 0.15) is 4.83 Å². The van der Waals surface area contributed by atoms with Gasteiger partial charge in [-0.3, -0.25) is 14.2 Å². The molecule has 30 heavy (non-hydrogen) atoms. The first-order valence-electron chi connectivity index (χ1n) is 10.3. The van der Waals surface area contributed by atoms with E-state index in [1.165, 1.54) is 28.7 Å². The highest BCUT2D eigenvalue weighted by atomic mass is 32.2. The van der Waals surface area contributed by atoms with Crippen LogP contribution in [0.3, 0.4) is 0 Å². The zero-order valence-corrected chi connectivity index (χ0v) is 18.5. The minimum atomic E-state index is -0.348. The van der Waals surface area contributed by atoms with Gasteiger partial charge in [-0.1, -0.05) is 36.0 Å². The van der Waals surface area contributed by atoms with Crippen molar-refractivity contribution in [2.75, 3.05) is 11.4 Å². The van der Waals surface area contributed by atoms with Crippen LogP contribution in [-0.4, -0.2) is 27.3 Å². The van der Waals surface area contributed by atoms with E-state index in [0.717, 1.165) is 40.7 Å². The highest BCUT2D eigenvalue weighted by molar-refractivity contribution is 8.00. The molecule has 2 aliphatic rings. The molecule has 0 spiro atoms. The molecule has 1 aliphatic carbocycles.